The second-order valence-corrected chi connectivity index (χ2v) is 1.94. The van der Waals surface area contributed by atoms with Gasteiger partial charge in [0.25, 0.3) is 0 Å². The summed E-state index contributed by atoms with van der Waals surface area (Å²) in [7, 11) is 0. The third kappa shape index (κ3) is 2.56. The number of rotatable bonds is 2. The number of hydrogen-bond donors (Lipinski definition) is 3. The molecule has 5 N–H and O–H groups in total. The van der Waals surface area contributed by atoms with E-state index < -0.39 is 0 Å². The normalized spacial score (nSPS) is 15.0. The molecule has 0 bridgehead atoms. The van der Waals surface area contributed by atoms with Gasteiger partial charge in [-0.15, -0.1) is 0 Å². The maximum absolute atomic E-state index is 5.38. The monoisotopic (exact) mass is 103 g/mol. The second-order valence-electron chi connectivity index (χ2n) is 1.94. The van der Waals surface area contributed by atoms with Gasteiger partial charge >= 0.3 is 0 Å². The molecule has 0 aliphatic carbocycles. The Kier molecular flexibility index (Phi) is 2.91. The van der Waals surface area contributed by atoms with E-state index in [2.05, 4.69) is 5.43 Å². The minimum absolute atomic E-state index is 0.0694. The lowest BCUT2D eigenvalue weighted by atomic mass is 10.2. The lowest BCUT2D eigenvalue weighted by Gasteiger charge is -2.12. The summed E-state index contributed by atoms with van der Waals surface area (Å²) in [4.78, 5) is 0. The molecule has 7 heavy (non-hydrogen) atoms. The van der Waals surface area contributed by atoms with Crippen molar-refractivity contribution in [2.45, 2.75) is 20.0 Å². The van der Waals surface area contributed by atoms with Crippen LogP contribution in [0.2, 0.25) is 0 Å². The summed E-state index contributed by atoms with van der Waals surface area (Å²) in [5, 5.41) is 0. The first kappa shape index (κ1) is 6.88. The van der Waals surface area contributed by atoms with Crippen molar-refractivity contribution < 1.29 is 0 Å². The SMILES string of the molecule is CC(C)C(N)NN. The molecule has 0 fully saturated rings. The van der Waals surface area contributed by atoms with Gasteiger partial charge in [-0.25, -0.2) is 5.43 Å². The van der Waals surface area contributed by atoms with Crippen LogP contribution in [0.15, 0.2) is 0 Å². The Hall–Kier alpha value is -0.120. The third-order valence-electron chi connectivity index (χ3n) is 0.911. The molecule has 0 aromatic rings. The molecule has 0 aliphatic rings. The van der Waals surface area contributed by atoms with Crippen LogP contribution in [0.25, 0.3) is 0 Å². The van der Waals surface area contributed by atoms with E-state index in [0.29, 0.717) is 5.92 Å². The highest BCUT2D eigenvalue weighted by atomic mass is 15.3. The van der Waals surface area contributed by atoms with Gasteiger partial charge in [0.15, 0.2) is 0 Å². The Morgan fingerprint density at radius 2 is 1.86 bits per heavy atom. The topological polar surface area (TPSA) is 64.1 Å². The van der Waals surface area contributed by atoms with Gasteiger partial charge in [-0.2, -0.15) is 0 Å². The number of nitrogens with two attached hydrogens (primary N) is 2. The highest BCUT2D eigenvalue weighted by molar-refractivity contribution is 4.56. The molecule has 1 unspecified atom stereocenters. The predicted octanol–water partition coefficient (Wildman–Crippen LogP) is -0.609. The number of hydrogen-bond acceptors (Lipinski definition) is 3. The maximum Gasteiger partial charge on any atom is 0.0699 e. The lowest BCUT2D eigenvalue weighted by Crippen LogP contribution is -2.45. The average molecular weight is 103 g/mol. The molecule has 0 aromatic carbocycles. The van der Waals surface area contributed by atoms with Crippen LogP contribution >= 0.6 is 0 Å². The Labute approximate surface area is 44.0 Å². The van der Waals surface area contributed by atoms with Crippen molar-refractivity contribution in [2.24, 2.45) is 17.5 Å². The molecular weight excluding hydrogens is 90.1 g/mol. The molecule has 0 saturated carbocycles. The van der Waals surface area contributed by atoms with Gasteiger partial charge in [-0.1, -0.05) is 13.8 Å². The first-order valence-electron chi connectivity index (χ1n) is 2.40. The van der Waals surface area contributed by atoms with Crippen LogP contribution in [0, 0.1) is 5.92 Å². The molecular formula is C4H13N3. The second kappa shape index (κ2) is 2.96. The van der Waals surface area contributed by atoms with Gasteiger partial charge < -0.3 is 5.73 Å². The van der Waals surface area contributed by atoms with E-state index >= 15 is 0 Å². The highest BCUT2D eigenvalue weighted by Gasteiger charge is 2.01. The van der Waals surface area contributed by atoms with Gasteiger partial charge in [-0.05, 0) is 5.92 Å². The van der Waals surface area contributed by atoms with Gasteiger partial charge in [0.05, 0.1) is 6.17 Å². The number of hydrazine groups is 1. The van der Waals surface area contributed by atoms with Crippen LogP contribution < -0.4 is 17.0 Å². The molecule has 0 amide bonds. The van der Waals surface area contributed by atoms with Crippen molar-refractivity contribution >= 4 is 0 Å². The molecule has 0 saturated heterocycles. The molecule has 0 rings (SSSR count). The van der Waals surface area contributed by atoms with Gasteiger partial charge in [-0.3, -0.25) is 5.84 Å². The molecule has 0 aromatic heterocycles. The van der Waals surface area contributed by atoms with Crippen LogP contribution in [0.4, 0.5) is 0 Å². The fraction of sp³-hybridized carbons (Fsp3) is 1.00. The van der Waals surface area contributed by atoms with Crippen molar-refractivity contribution in [1.29, 1.82) is 0 Å². The molecule has 1 atom stereocenters. The fourth-order valence-corrected chi connectivity index (χ4v) is 0.192. The molecule has 3 heteroatoms. The number of nitrogens with one attached hydrogen (secondary N) is 1. The molecule has 0 radical (unpaired) electrons. The molecule has 3 nitrogen and oxygen atoms in total. The minimum Gasteiger partial charge on any atom is -0.315 e. The molecule has 0 spiro atoms. The Morgan fingerprint density at radius 1 is 1.43 bits per heavy atom. The van der Waals surface area contributed by atoms with Crippen molar-refractivity contribution in [1.82, 2.24) is 5.43 Å². The summed E-state index contributed by atoms with van der Waals surface area (Å²) in [5.74, 6) is 5.41. The zero-order valence-corrected chi connectivity index (χ0v) is 4.81. The Bertz CT molecular complexity index is 44.2. The third-order valence-corrected chi connectivity index (χ3v) is 0.911. The van der Waals surface area contributed by atoms with Crippen molar-refractivity contribution in [3.63, 3.8) is 0 Å². The Morgan fingerprint density at radius 3 is 1.86 bits per heavy atom. The summed E-state index contributed by atoms with van der Waals surface area (Å²) in [5.41, 5.74) is 7.82. The minimum atomic E-state index is -0.0694. The van der Waals surface area contributed by atoms with Gasteiger partial charge in [0, 0.05) is 0 Å². The summed E-state index contributed by atoms with van der Waals surface area (Å²) in [6.07, 6.45) is -0.0694. The summed E-state index contributed by atoms with van der Waals surface area (Å²) < 4.78 is 0. The van der Waals surface area contributed by atoms with Crippen molar-refractivity contribution in [3.05, 3.63) is 0 Å². The summed E-state index contributed by atoms with van der Waals surface area (Å²) in [6, 6.07) is 0. The zero-order chi connectivity index (χ0) is 5.86. The van der Waals surface area contributed by atoms with Crippen LogP contribution in [0.5, 0.6) is 0 Å². The largest absolute Gasteiger partial charge is 0.315 e. The summed E-state index contributed by atoms with van der Waals surface area (Å²) >= 11 is 0. The van der Waals surface area contributed by atoms with Crippen LogP contribution in [-0.4, -0.2) is 6.17 Å². The van der Waals surface area contributed by atoms with Gasteiger partial charge in [0.1, 0.15) is 0 Å². The van der Waals surface area contributed by atoms with E-state index in [4.69, 9.17) is 11.6 Å². The Balaban J connectivity index is 3.14. The van der Waals surface area contributed by atoms with Crippen molar-refractivity contribution in [3.8, 4) is 0 Å². The van der Waals surface area contributed by atoms with E-state index in [1.807, 2.05) is 13.8 Å². The molecule has 0 heterocycles. The zero-order valence-electron chi connectivity index (χ0n) is 4.81. The highest BCUT2D eigenvalue weighted by Crippen LogP contribution is 1.90. The fourth-order valence-electron chi connectivity index (χ4n) is 0.192. The van der Waals surface area contributed by atoms with Crippen LogP contribution in [0.1, 0.15) is 13.8 Å². The van der Waals surface area contributed by atoms with E-state index in [1.54, 1.807) is 0 Å². The van der Waals surface area contributed by atoms with E-state index in [1.165, 1.54) is 0 Å². The predicted molar refractivity (Wildman–Crippen MR) is 30.1 cm³/mol. The maximum atomic E-state index is 5.38. The standard InChI is InChI=1S/C4H13N3/c1-3(2)4(5)7-6/h3-4,7H,5-6H2,1-2H3. The van der Waals surface area contributed by atoms with Crippen LogP contribution in [0.3, 0.4) is 0 Å². The molecule has 0 aliphatic heterocycles. The smallest absolute Gasteiger partial charge is 0.0699 e. The van der Waals surface area contributed by atoms with Crippen LogP contribution in [-0.2, 0) is 0 Å². The van der Waals surface area contributed by atoms with E-state index in [-0.39, 0.29) is 6.17 Å². The van der Waals surface area contributed by atoms with E-state index in [9.17, 15) is 0 Å². The van der Waals surface area contributed by atoms with Gasteiger partial charge in [0.2, 0.25) is 0 Å². The average Bonchev–Trinajstić information content (AvgIpc) is 1.65. The lowest BCUT2D eigenvalue weighted by molar-refractivity contribution is 0.419. The van der Waals surface area contributed by atoms with Crippen molar-refractivity contribution in [2.75, 3.05) is 0 Å². The molecule has 44 valence electrons. The summed E-state index contributed by atoms with van der Waals surface area (Å²) in [6.45, 7) is 4.01. The quantitative estimate of drug-likeness (QED) is 0.248. The first-order valence-corrected chi connectivity index (χ1v) is 2.40. The van der Waals surface area contributed by atoms with E-state index in [0.717, 1.165) is 0 Å². The first-order chi connectivity index (χ1) is 3.18.